The molecule has 0 atom stereocenters. The molecule has 0 aromatic heterocycles. The molecule has 0 unspecified atom stereocenters. The van der Waals surface area contributed by atoms with Gasteiger partial charge >= 0.3 is 40.0 Å². The first kappa shape index (κ1) is 22.1. The second-order valence-electron chi connectivity index (χ2n) is 3.57. The van der Waals surface area contributed by atoms with Gasteiger partial charge in [-0.2, -0.15) is 8.42 Å². The monoisotopic (exact) mass is 264 g/mol. The second-order valence-corrected chi connectivity index (χ2v) is 4.46. The second kappa shape index (κ2) is 15.9. The van der Waals surface area contributed by atoms with Gasteiger partial charge in [0.1, 0.15) is 0 Å². The molecule has 0 fully saturated rings. The summed E-state index contributed by atoms with van der Waals surface area (Å²) in [4.78, 5) is 0. The van der Waals surface area contributed by atoms with Crippen molar-refractivity contribution in [2.75, 3.05) is 0 Å². The van der Waals surface area contributed by atoms with Crippen LogP contribution < -0.4 is 0 Å². The van der Waals surface area contributed by atoms with Crippen molar-refractivity contribution in [2.45, 2.75) is 65.2 Å². The van der Waals surface area contributed by atoms with Crippen molar-refractivity contribution in [3.63, 3.8) is 0 Å². The minimum absolute atomic E-state index is 0. The molecule has 0 radical (unpaired) electrons. The first-order valence-electron chi connectivity index (χ1n) is 5.61. The van der Waals surface area contributed by atoms with Crippen LogP contribution in [0.1, 0.15) is 65.2 Å². The molecule has 0 bridgehead atoms. The molecule has 0 amide bonds. The van der Waals surface area contributed by atoms with Gasteiger partial charge in [0.25, 0.3) is 0 Å². The van der Waals surface area contributed by atoms with E-state index in [0.717, 1.165) is 0 Å². The van der Waals surface area contributed by atoms with Crippen LogP contribution in [0.2, 0.25) is 0 Å². The molecule has 0 aliphatic rings. The Labute approximate surface area is 122 Å². The van der Waals surface area contributed by atoms with Gasteiger partial charge < -0.3 is 0 Å². The fraction of sp³-hybridized carbons (Fsp3) is 1.00. The normalized spacial score (nSPS) is 10.0. The van der Waals surface area contributed by atoms with Crippen LogP contribution in [0.3, 0.4) is 0 Å². The maximum absolute atomic E-state index is 8.74. The van der Waals surface area contributed by atoms with E-state index in [1.165, 1.54) is 51.4 Å². The van der Waals surface area contributed by atoms with Crippen LogP contribution in [0.4, 0.5) is 0 Å². The van der Waals surface area contributed by atoms with Crippen LogP contribution in [0.15, 0.2) is 0 Å². The van der Waals surface area contributed by atoms with Crippen LogP contribution in [0, 0.1) is 0 Å². The van der Waals surface area contributed by atoms with Crippen molar-refractivity contribution in [3.05, 3.63) is 0 Å². The molecular weight excluding hydrogens is 239 g/mol. The van der Waals surface area contributed by atoms with Gasteiger partial charge in [-0.1, -0.05) is 65.2 Å². The maximum atomic E-state index is 8.74. The van der Waals surface area contributed by atoms with Gasteiger partial charge in [-0.15, -0.1) is 0 Å². The van der Waals surface area contributed by atoms with Crippen molar-refractivity contribution in [2.24, 2.45) is 0 Å². The van der Waals surface area contributed by atoms with Crippen molar-refractivity contribution in [3.8, 4) is 0 Å². The van der Waals surface area contributed by atoms with Gasteiger partial charge in [0.15, 0.2) is 0 Å². The van der Waals surface area contributed by atoms with Crippen LogP contribution in [0.25, 0.3) is 0 Å². The Kier molecular flexibility index (Phi) is 21.9. The molecule has 0 aliphatic carbocycles. The van der Waals surface area contributed by atoms with Gasteiger partial charge in [0.05, 0.1) is 0 Å². The van der Waals surface area contributed by atoms with Crippen LogP contribution in [0.5, 0.6) is 0 Å². The van der Waals surface area contributed by atoms with Crippen LogP contribution in [-0.4, -0.2) is 47.1 Å². The number of unbranched alkanes of at least 4 members (excludes halogenated alkanes) is 7. The van der Waals surface area contributed by atoms with Gasteiger partial charge in [0.2, 0.25) is 0 Å². The number of hydrogen-bond donors (Lipinski definition) is 2. The first-order valence-corrected chi connectivity index (χ1v) is 7.01. The summed E-state index contributed by atoms with van der Waals surface area (Å²) in [6, 6.07) is 0. The number of rotatable bonds is 7. The zero-order valence-electron chi connectivity index (χ0n) is 9.78. The molecule has 96 valence electrons. The molecule has 0 saturated heterocycles. The molecular formula is C10H25NaO4S. The molecule has 0 aliphatic heterocycles. The first-order chi connectivity index (χ1) is 6.91. The van der Waals surface area contributed by atoms with Crippen molar-refractivity contribution in [1.29, 1.82) is 0 Å². The van der Waals surface area contributed by atoms with Crippen LogP contribution >= 0.6 is 0 Å². The Balaban J connectivity index is -0.000000242. The molecule has 0 aromatic carbocycles. The third-order valence-electron chi connectivity index (χ3n) is 1.96. The Hall–Kier alpha value is 0.870. The SMILES string of the molecule is CCCCCCCCCC.O=S(=O)(O)O.[NaH]. The fourth-order valence-corrected chi connectivity index (χ4v) is 1.21. The van der Waals surface area contributed by atoms with E-state index >= 15 is 0 Å². The average molecular weight is 264 g/mol. The van der Waals surface area contributed by atoms with Crippen LogP contribution in [-0.2, 0) is 10.4 Å². The van der Waals surface area contributed by atoms with Gasteiger partial charge in [-0.05, 0) is 0 Å². The van der Waals surface area contributed by atoms with Crippen molar-refractivity contribution < 1.29 is 17.5 Å². The quantitative estimate of drug-likeness (QED) is 0.421. The summed E-state index contributed by atoms with van der Waals surface area (Å²) in [7, 11) is -4.67. The van der Waals surface area contributed by atoms with E-state index in [4.69, 9.17) is 17.5 Å². The minimum atomic E-state index is -4.67. The Morgan fingerprint density at radius 2 is 0.938 bits per heavy atom. The molecule has 6 heteroatoms. The third-order valence-corrected chi connectivity index (χ3v) is 1.96. The molecule has 0 saturated carbocycles. The molecule has 2 N–H and O–H groups in total. The van der Waals surface area contributed by atoms with E-state index in [-0.39, 0.29) is 29.6 Å². The Bertz CT molecular complexity index is 189. The summed E-state index contributed by atoms with van der Waals surface area (Å²) in [6.07, 6.45) is 11.5. The number of hydrogen-bond acceptors (Lipinski definition) is 2. The van der Waals surface area contributed by atoms with E-state index < -0.39 is 10.4 Å². The zero-order valence-corrected chi connectivity index (χ0v) is 10.6. The fourth-order valence-electron chi connectivity index (χ4n) is 1.21. The van der Waals surface area contributed by atoms with E-state index in [1.807, 2.05) is 0 Å². The summed E-state index contributed by atoms with van der Waals surface area (Å²) >= 11 is 0. The van der Waals surface area contributed by atoms with E-state index in [2.05, 4.69) is 13.8 Å². The molecule has 16 heavy (non-hydrogen) atoms. The molecule has 0 aromatic rings. The van der Waals surface area contributed by atoms with E-state index in [1.54, 1.807) is 0 Å². The third kappa shape index (κ3) is 46.2. The summed E-state index contributed by atoms with van der Waals surface area (Å²) < 4.78 is 31.6. The standard InChI is InChI=1S/C10H22.Na.H2O4S.H/c1-3-5-7-9-10-8-6-4-2;;1-5(2,3)4;/h3-10H2,1-2H3;;(H2,1,2,3,4);. The summed E-state index contributed by atoms with van der Waals surface area (Å²) in [6.45, 7) is 4.54. The summed E-state index contributed by atoms with van der Waals surface area (Å²) in [5.41, 5.74) is 0. The van der Waals surface area contributed by atoms with Gasteiger partial charge in [-0.3, -0.25) is 9.11 Å². The van der Waals surface area contributed by atoms with E-state index in [9.17, 15) is 0 Å². The van der Waals surface area contributed by atoms with Crippen molar-refractivity contribution >= 4 is 40.0 Å². The molecule has 0 spiro atoms. The topological polar surface area (TPSA) is 74.6 Å². The summed E-state index contributed by atoms with van der Waals surface area (Å²) in [5.74, 6) is 0. The molecule has 4 nitrogen and oxygen atoms in total. The van der Waals surface area contributed by atoms with Gasteiger partial charge in [0, 0.05) is 0 Å². The summed E-state index contributed by atoms with van der Waals surface area (Å²) in [5, 5.41) is 0. The average Bonchev–Trinajstić information content (AvgIpc) is 2.08. The zero-order chi connectivity index (χ0) is 12.2. The van der Waals surface area contributed by atoms with Gasteiger partial charge in [-0.25, -0.2) is 0 Å². The van der Waals surface area contributed by atoms with E-state index in [0.29, 0.717) is 0 Å². The molecule has 0 heterocycles. The Morgan fingerprint density at radius 1 is 0.750 bits per heavy atom. The van der Waals surface area contributed by atoms with Crippen molar-refractivity contribution in [1.82, 2.24) is 0 Å². The molecule has 0 rings (SSSR count). The Morgan fingerprint density at radius 3 is 1.12 bits per heavy atom. The predicted molar refractivity (Wildman–Crippen MR) is 69.6 cm³/mol. The predicted octanol–water partition coefficient (Wildman–Crippen LogP) is 2.85.